The Hall–Kier alpha value is -0.861. The molecule has 0 aromatic carbocycles. The van der Waals surface area contributed by atoms with Gasteiger partial charge in [-0.3, -0.25) is 9.80 Å². The topological polar surface area (TPSA) is 87.7 Å². The standard InChI is InChI=1S/C13H21B10N5O3/c14-20(15)22(18)23(21(16)17)19-6-11(19)7-25-3-1-4-26(10-25)8-12(29)9-27-5-2-24-13(27)28(30)31/h2,5,11-12,29H,1,3-4,6-10H2. The predicted molar refractivity (Wildman–Crippen MR) is 134 cm³/mol. The molecule has 31 heavy (non-hydrogen) atoms. The molecule has 2 aliphatic heterocycles. The summed E-state index contributed by atoms with van der Waals surface area (Å²) in [6.07, 6.45) is 2.37. The molecule has 1 N–H and O–H groups in total. The van der Waals surface area contributed by atoms with Crippen LogP contribution in [0.15, 0.2) is 12.4 Å². The quantitative estimate of drug-likeness (QED) is 0.236. The molecule has 2 aliphatic rings. The molecule has 18 heteroatoms. The molecule has 1 aromatic rings. The van der Waals surface area contributed by atoms with Gasteiger partial charge in [0.15, 0.2) is 0 Å². The Labute approximate surface area is 192 Å². The Bertz CT molecular complexity index is 745. The van der Waals surface area contributed by atoms with Crippen molar-refractivity contribution in [1.82, 2.24) is 19.4 Å². The number of β-amino-alcohol motifs (C(OH)–C–C–N with tert-alkyl or cyclic N) is 1. The molecular weight excluding hydrogens is 382 g/mol. The Morgan fingerprint density at radius 3 is 2.58 bits per heavy atom. The largest absolute Gasteiger partial charge is 0.434 e. The smallest absolute Gasteiger partial charge is 0.390 e. The number of rotatable bonds is 11. The van der Waals surface area contributed by atoms with Crippen LogP contribution in [-0.2, 0) is 6.54 Å². The van der Waals surface area contributed by atoms with E-state index in [1.54, 1.807) is 0 Å². The molecule has 146 valence electrons. The van der Waals surface area contributed by atoms with Gasteiger partial charge in [0, 0.05) is 83.9 Å². The highest BCUT2D eigenvalue weighted by atomic mass is 16.6. The molecule has 1 aromatic heterocycles. The van der Waals surface area contributed by atoms with Crippen molar-refractivity contribution in [1.29, 1.82) is 0 Å². The molecule has 10 radical (unpaired) electrons. The molecule has 0 amide bonds. The molecule has 0 bridgehead atoms. The molecule has 2 saturated heterocycles. The number of hydrogen-bond acceptors (Lipinski definition) is 6. The van der Waals surface area contributed by atoms with Gasteiger partial charge < -0.3 is 15.2 Å². The number of nitrogens with zero attached hydrogens (tertiary/aromatic N) is 5. The Morgan fingerprint density at radius 1 is 1.23 bits per heavy atom. The monoisotopic (exact) mass is 405 g/mol. The first-order chi connectivity index (χ1) is 14.7. The fraction of sp³-hybridized carbons (Fsp3) is 0.769. The maximum atomic E-state index is 11.0. The molecule has 3 heterocycles. The van der Waals surface area contributed by atoms with E-state index < -0.39 is 30.2 Å². The van der Waals surface area contributed by atoms with Crippen LogP contribution in [0.5, 0.6) is 0 Å². The summed E-state index contributed by atoms with van der Waals surface area (Å²) in [6, 6.07) is 0. The lowest BCUT2D eigenvalue weighted by atomic mass is 8.57. The highest BCUT2D eigenvalue weighted by molar-refractivity contribution is 8.01. The maximum Gasteiger partial charge on any atom is 0.434 e. The molecule has 2 fully saturated rings. The van der Waals surface area contributed by atoms with Crippen molar-refractivity contribution in [2.45, 2.75) is 31.2 Å². The van der Waals surface area contributed by atoms with Crippen LogP contribution in [0.25, 0.3) is 0 Å². The summed E-state index contributed by atoms with van der Waals surface area (Å²) in [6.45, 7) is 4.36. The average molecular weight is 403 g/mol. The third-order valence-electron chi connectivity index (χ3n) is 6.38. The number of aliphatic hydroxyl groups is 1. The minimum absolute atomic E-state index is 0.112. The Morgan fingerprint density at radius 2 is 1.94 bits per heavy atom. The normalized spacial score (nSPS) is 20.3. The summed E-state index contributed by atoms with van der Waals surface area (Å²) >= 11 is 0. The summed E-state index contributed by atoms with van der Waals surface area (Å²) in [7, 11) is 29.6. The van der Waals surface area contributed by atoms with Gasteiger partial charge in [-0.15, -0.1) is 0 Å². The molecule has 0 aliphatic carbocycles. The number of imidazole rings is 1. The van der Waals surface area contributed by atoms with Gasteiger partial charge in [0.05, 0.1) is 25.9 Å². The first-order valence-electron chi connectivity index (χ1n) is 10.7. The van der Waals surface area contributed by atoms with Crippen molar-refractivity contribution in [2.24, 2.45) is 0 Å². The average Bonchev–Trinajstić information content (AvgIpc) is 3.24. The lowest BCUT2D eigenvalue weighted by Gasteiger charge is -2.37. The van der Waals surface area contributed by atoms with Crippen molar-refractivity contribution in [2.75, 3.05) is 32.8 Å². The lowest BCUT2D eigenvalue weighted by molar-refractivity contribution is -0.397. The number of aliphatic hydroxyl groups excluding tert-OH is 1. The number of aromatic nitrogens is 2. The first-order valence-corrected chi connectivity index (χ1v) is 10.7. The molecule has 2 unspecified atom stereocenters. The summed E-state index contributed by atoms with van der Waals surface area (Å²) in [5, 5.41) is 21.4. The third-order valence-corrected chi connectivity index (χ3v) is 6.38. The summed E-state index contributed by atoms with van der Waals surface area (Å²) in [4.78, 5) is 18.7. The van der Waals surface area contributed by atoms with Gasteiger partial charge in [0.25, 0.3) is 0 Å². The third kappa shape index (κ3) is 6.57. The van der Waals surface area contributed by atoms with Crippen molar-refractivity contribution in [3.05, 3.63) is 22.5 Å². The highest BCUT2D eigenvalue weighted by Crippen LogP contribution is 2.40. The Balaban J connectivity index is 1.47. The van der Waals surface area contributed by atoms with Gasteiger partial charge in [-0.2, -0.15) is 0 Å². The fourth-order valence-corrected chi connectivity index (χ4v) is 4.81. The van der Waals surface area contributed by atoms with Crippen molar-refractivity contribution in [3.63, 3.8) is 0 Å². The number of nitro groups is 1. The van der Waals surface area contributed by atoms with Gasteiger partial charge in [-0.1, -0.05) is 17.1 Å². The second kappa shape index (κ2) is 10.8. The van der Waals surface area contributed by atoms with Crippen molar-refractivity contribution in [3.8, 4) is 0 Å². The van der Waals surface area contributed by atoms with Crippen LogP contribution in [-0.4, -0.2) is 139 Å². The van der Waals surface area contributed by atoms with Crippen LogP contribution in [0, 0.1) is 10.1 Å². The van der Waals surface area contributed by atoms with Crippen molar-refractivity contribution >= 4 is 76.8 Å². The van der Waals surface area contributed by atoms with E-state index >= 15 is 0 Å². The summed E-state index contributed by atoms with van der Waals surface area (Å²) in [5.74, 6) is 0.185. The van der Waals surface area contributed by atoms with E-state index in [0.717, 1.165) is 39.0 Å². The summed E-state index contributed by atoms with van der Waals surface area (Å²) in [5.41, 5.74) is 0. The van der Waals surface area contributed by atoms with E-state index in [1.165, 1.54) is 17.0 Å². The van der Waals surface area contributed by atoms with Gasteiger partial charge in [-0.05, 0) is 17.9 Å². The number of hydrogen-bond donors (Lipinski definition) is 1. The molecule has 0 spiro atoms. The Kier molecular flexibility index (Phi) is 8.66. The van der Waals surface area contributed by atoms with Crippen LogP contribution in [0.4, 0.5) is 5.95 Å². The van der Waals surface area contributed by atoms with E-state index in [0.29, 0.717) is 19.0 Å². The zero-order valence-electron chi connectivity index (χ0n) is 17.7. The van der Waals surface area contributed by atoms with Crippen LogP contribution >= 0.6 is 0 Å². The zero-order chi connectivity index (χ0) is 22.7. The molecular formula is C13H21B10N5O3. The van der Waals surface area contributed by atoms with E-state index in [2.05, 4.69) is 14.8 Å². The molecule has 3 rings (SSSR count). The molecule has 0 saturated carbocycles. The van der Waals surface area contributed by atoms with Crippen LogP contribution in [0.3, 0.4) is 0 Å². The van der Waals surface area contributed by atoms with Crippen molar-refractivity contribution < 1.29 is 10.0 Å². The SMILES string of the molecule is [B]B([B])B([B])B(B([B])[B])B1CC1CN1CCCN(CC(O)Cn2ccnc2[N+](=O)[O-])C1. The first kappa shape index (κ1) is 24.8. The molecule has 8 nitrogen and oxygen atoms in total. The van der Waals surface area contributed by atoms with Crippen LogP contribution < -0.4 is 0 Å². The van der Waals surface area contributed by atoms with Gasteiger partial charge in [0.2, 0.25) is 0 Å². The second-order valence-corrected chi connectivity index (χ2v) is 8.91. The van der Waals surface area contributed by atoms with E-state index in [4.69, 9.17) is 38.7 Å². The predicted octanol–water partition coefficient (Wildman–Crippen LogP) is -3.39. The summed E-state index contributed by atoms with van der Waals surface area (Å²) < 4.78 is 1.36. The van der Waals surface area contributed by atoms with Gasteiger partial charge >= 0.3 is 5.95 Å². The van der Waals surface area contributed by atoms with E-state index in [1.807, 2.05) is 0 Å². The van der Waals surface area contributed by atoms with E-state index in [9.17, 15) is 15.2 Å². The minimum atomic E-state index is -0.731. The maximum absolute atomic E-state index is 11.0. The van der Waals surface area contributed by atoms with Crippen LogP contribution in [0.2, 0.25) is 12.1 Å². The lowest BCUT2D eigenvalue weighted by Crippen LogP contribution is -2.63. The van der Waals surface area contributed by atoms with E-state index in [-0.39, 0.29) is 18.9 Å². The molecule has 2 atom stereocenters. The highest BCUT2D eigenvalue weighted by Gasteiger charge is 2.50. The second-order valence-electron chi connectivity index (χ2n) is 8.91. The van der Waals surface area contributed by atoms with Gasteiger partial charge in [-0.25, -0.2) is 4.57 Å². The zero-order valence-corrected chi connectivity index (χ0v) is 17.7. The fourth-order valence-electron chi connectivity index (χ4n) is 4.81. The van der Waals surface area contributed by atoms with Crippen LogP contribution in [0.1, 0.15) is 6.42 Å². The minimum Gasteiger partial charge on any atom is -0.390 e. The van der Waals surface area contributed by atoms with Gasteiger partial charge in [0.1, 0.15) is 12.4 Å².